The minimum atomic E-state index is -0.256. The Balaban J connectivity index is 1.51. The highest BCUT2D eigenvalue weighted by atomic mass is 79.9. The highest BCUT2D eigenvalue weighted by Crippen LogP contribution is 2.33. The smallest absolute Gasteiger partial charge is 0.254 e. The molecule has 1 amide bonds. The van der Waals surface area contributed by atoms with Crippen molar-refractivity contribution in [1.82, 2.24) is 9.88 Å². The van der Waals surface area contributed by atoms with Gasteiger partial charge in [-0.05, 0) is 54.1 Å². The Hall–Kier alpha value is -3.29. The molecule has 1 N–H and O–H groups in total. The molecule has 0 saturated heterocycles. The number of aromatic nitrogens is 1. The Morgan fingerprint density at radius 1 is 0.941 bits per heavy atom. The van der Waals surface area contributed by atoms with E-state index >= 15 is 0 Å². The average molecular weight is 540 g/mol. The first-order valence-electron chi connectivity index (χ1n) is 10.7. The Kier molecular flexibility index (Phi) is 6.30. The number of rotatable bonds is 5. The summed E-state index contributed by atoms with van der Waals surface area (Å²) in [7, 11) is 0. The van der Waals surface area contributed by atoms with E-state index in [0.29, 0.717) is 52.9 Å². The molecule has 3 aromatic carbocycles. The van der Waals surface area contributed by atoms with Crippen LogP contribution in [0.25, 0.3) is 10.9 Å². The van der Waals surface area contributed by atoms with Gasteiger partial charge in [0.15, 0.2) is 11.5 Å². The second-order valence-electron chi connectivity index (χ2n) is 8.00. The van der Waals surface area contributed by atoms with Crippen LogP contribution in [-0.2, 0) is 13.1 Å². The molecule has 0 fully saturated rings. The van der Waals surface area contributed by atoms with E-state index < -0.39 is 0 Å². The number of halogens is 2. The van der Waals surface area contributed by atoms with E-state index in [1.807, 2.05) is 30.3 Å². The van der Waals surface area contributed by atoms with Crippen molar-refractivity contribution >= 4 is 44.3 Å². The third kappa shape index (κ3) is 4.81. The molecule has 0 bridgehead atoms. The molecule has 4 aromatic rings. The van der Waals surface area contributed by atoms with Gasteiger partial charge in [-0.1, -0.05) is 39.7 Å². The lowest BCUT2D eigenvalue weighted by molar-refractivity contribution is 0.0729. The first-order chi connectivity index (χ1) is 16.5. The zero-order valence-electron chi connectivity index (χ0n) is 18.0. The number of carbonyl (C=O) groups excluding carboxylic acids is 1. The van der Waals surface area contributed by atoms with E-state index in [9.17, 15) is 9.59 Å². The summed E-state index contributed by atoms with van der Waals surface area (Å²) in [5.41, 5.74) is 2.32. The Bertz CT molecular complexity index is 1420. The van der Waals surface area contributed by atoms with Crippen molar-refractivity contribution in [2.24, 2.45) is 0 Å². The molecule has 172 valence electrons. The van der Waals surface area contributed by atoms with Crippen molar-refractivity contribution in [3.8, 4) is 11.5 Å². The van der Waals surface area contributed by atoms with Crippen LogP contribution in [-0.4, -0.2) is 29.0 Å². The second kappa shape index (κ2) is 9.52. The normalized spacial score (nSPS) is 12.5. The number of carbonyl (C=O) groups is 1. The number of nitrogens with zero attached hydrogens (tertiary/aromatic N) is 1. The lowest BCUT2D eigenvalue weighted by Gasteiger charge is -2.23. The fourth-order valence-corrected chi connectivity index (χ4v) is 4.29. The molecule has 6 nitrogen and oxygen atoms in total. The zero-order valence-corrected chi connectivity index (χ0v) is 20.4. The monoisotopic (exact) mass is 538 g/mol. The van der Waals surface area contributed by atoms with Crippen LogP contribution in [0.2, 0.25) is 5.02 Å². The number of amides is 1. The van der Waals surface area contributed by atoms with Gasteiger partial charge in [0.1, 0.15) is 13.2 Å². The van der Waals surface area contributed by atoms with E-state index in [4.69, 9.17) is 21.1 Å². The summed E-state index contributed by atoms with van der Waals surface area (Å²) in [6, 6.07) is 19.9. The van der Waals surface area contributed by atoms with Gasteiger partial charge in [-0.2, -0.15) is 0 Å². The molecule has 2 heterocycles. The van der Waals surface area contributed by atoms with E-state index in [-0.39, 0.29) is 18.0 Å². The number of ether oxygens (including phenoxy) is 2. The largest absolute Gasteiger partial charge is 0.486 e. The summed E-state index contributed by atoms with van der Waals surface area (Å²) < 4.78 is 12.2. The molecular weight excluding hydrogens is 520 g/mol. The van der Waals surface area contributed by atoms with E-state index in [2.05, 4.69) is 20.9 Å². The molecule has 0 unspecified atom stereocenters. The predicted octanol–water partition coefficient (Wildman–Crippen LogP) is 5.56. The first-order valence-corrected chi connectivity index (χ1v) is 11.9. The van der Waals surface area contributed by atoms with Crippen LogP contribution >= 0.6 is 27.5 Å². The number of hydrogen-bond donors (Lipinski definition) is 1. The highest BCUT2D eigenvalue weighted by Gasteiger charge is 2.20. The lowest BCUT2D eigenvalue weighted by Crippen LogP contribution is -2.32. The quantitative estimate of drug-likeness (QED) is 0.361. The number of H-pyrrole nitrogens is 1. The van der Waals surface area contributed by atoms with Crippen LogP contribution in [0, 0.1) is 0 Å². The number of aromatic amines is 1. The van der Waals surface area contributed by atoms with Crippen LogP contribution in [0.1, 0.15) is 21.5 Å². The summed E-state index contributed by atoms with van der Waals surface area (Å²) in [4.78, 5) is 31.0. The SMILES string of the molecule is O=C(c1ccc(Br)cc1)N(Cc1ccc(Cl)cc1)Cc1cc2cc3c(cc2[nH]c1=O)OCCO3. The number of pyridine rings is 1. The van der Waals surface area contributed by atoms with Crippen LogP contribution in [0.5, 0.6) is 11.5 Å². The van der Waals surface area contributed by atoms with Crippen molar-refractivity contribution in [1.29, 1.82) is 0 Å². The third-order valence-corrected chi connectivity index (χ3v) is 6.39. The zero-order chi connectivity index (χ0) is 23.7. The third-order valence-electron chi connectivity index (χ3n) is 5.61. The molecule has 1 aliphatic heterocycles. The molecule has 0 atom stereocenters. The van der Waals surface area contributed by atoms with E-state index in [1.165, 1.54) is 0 Å². The molecule has 1 aliphatic rings. The number of hydrogen-bond acceptors (Lipinski definition) is 4. The van der Waals surface area contributed by atoms with Gasteiger partial charge in [0.2, 0.25) is 0 Å². The molecule has 1 aromatic heterocycles. The molecular formula is C26H20BrClN2O4. The van der Waals surface area contributed by atoms with Gasteiger partial charge < -0.3 is 19.4 Å². The Morgan fingerprint density at radius 3 is 2.32 bits per heavy atom. The molecule has 0 spiro atoms. The molecule has 8 heteroatoms. The summed E-state index contributed by atoms with van der Waals surface area (Å²) in [5.74, 6) is 1.07. The average Bonchev–Trinajstić information content (AvgIpc) is 2.84. The van der Waals surface area contributed by atoms with Gasteiger partial charge in [-0.25, -0.2) is 0 Å². The fourth-order valence-electron chi connectivity index (χ4n) is 3.90. The lowest BCUT2D eigenvalue weighted by atomic mass is 10.1. The van der Waals surface area contributed by atoms with Gasteiger partial charge in [0.05, 0.1) is 12.1 Å². The minimum absolute atomic E-state index is 0.136. The van der Waals surface area contributed by atoms with Crippen molar-refractivity contribution in [3.63, 3.8) is 0 Å². The van der Waals surface area contributed by atoms with E-state index in [0.717, 1.165) is 15.4 Å². The molecule has 0 aliphatic carbocycles. The molecule has 34 heavy (non-hydrogen) atoms. The Labute approximate surface area is 209 Å². The van der Waals surface area contributed by atoms with Gasteiger partial charge in [0, 0.05) is 38.6 Å². The first kappa shape index (κ1) is 22.5. The second-order valence-corrected chi connectivity index (χ2v) is 9.35. The maximum Gasteiger partial charge on any atom is 0.254 e. The summed E-state index contributed by atoms with van der Waals surface area (Å²) in [6.45, 7) is 1.41. The number of nitrogens with one attached hydrogen (secondary N) is 1. The number of fused-ring (bicyclic) bond motifs is 2. The van der Waals surface area contributed by atoms with Crippen LogP contribution in [0.3, 0.4) is 0 Å². The van der Waals surface area contributed by atoms with Crippen molar-refractivity contribution < 1.29 is 14.3 Å². The van der Waals surface area contributed by atoms with Gasteiger partial charge >= 0.3 is 0 Å². The number of benzene rings is 3. The standard InChI is InChI=1S/C26H20BrClN2O4/c27-20-5-3-17(4-6-20)26(32)30(14-16-1-7-21(28)8-2-16)15-19-11-18-12-23-24(34-10-9-33-23)13-22(18)29-25(19)31/h1-8,11-13H,9-10,14-15H2,(H,29,31). The summed E-state index contributed by atoms with van der Waals surface area (Å²) in [5, 5.41) is 1.43. The van der Waals surface area contributed by atoms with Crippen LogP contribution in [0.4, 0.5) is 0 Å². The maximum atomic E-state index is 13.4. The summed E-state index contributed by atoms with van der Waals surface area (Å²) >= 11 is 9.43. The minimum Gasteiger partial charge on any atom is -0.486 e. The van der Waals surface area contributed by atoms with Gasteiger partial charge in [-0.15, -0.1) is 0 Å². The summed E-state index contributed by atoms with van der Waals surface area (Å²) in [6.07, 6.45) is 0. The van der Waals surface area contributed by atoms with Gasteiger partial charge in [0.25, 0.3) is 11.5 Å². The maximum absolute atomic E-state index is 13.4. The van der Waals surface area contributed by atoms with E-state index in [1.54, 1.807) is 41.3 Å². The molecule has 5 rings (SSSR count). The van der Waals surface area contributed by atoms with Gasteiger partial charge in [-0.3, -0.25) is 9.59 Å². The molecule has 0 radical (unpaired) electrons. The topological polar surface area (TPSA) is 71.6 Å². The molecule has 0 saturated carbocycles. The predicted molar refractivity (Wildman–Crippen MR) is 135 cm³/mol. The van der Waals surface area contributed by atoms with Crippen molar-refractivity contribution in [2.45, 2.75) is 13.1 Å². The highest BCUT2D eigenvalue weighted by molar-refractivity contribution is 9.10. The van der Waals surface area contributed by atoms with Crippen LogP contribution < -0.4 is 15.0 Å². The van der Waals surface area contributed by atoms with Crippen molar-refractivity contribution in [3.05, 3.63) is 103 Å². The Morgan fingerprint density at radius 2 is 1.62 bits per heavy atom. The van der Waals surface area contributed by atoms with Crippen molar-refractivity contribution in [2.75, 3.05) is 13.2 Å². The fraction of sp³-hybridized carbons (Fsp3) is 0.154. The van der Waals surface area contributed by atoms with Crippen LogP contribution in [0.15, 0.2) is 76.0 Å².